The number of esters is 1. The van der Waals surface area contributed by atoms with Crippen molar-refractivity contribution in [3.8, 4) is 0 Å². The van der Waals surface area contributed by atoms with Crippen LogP contribution in [0.15, 0.2) is 36.4 Å². The second-order valence-corrected chi connectivity index (χ2v) is 9.13. The van der Waals surface area contributed by atoms with E-state index in [1.807, 2.05) is 50.3 Å². The predicted molar refractivity (Wildman–Crippen MR) is 130 cm³/mol. The summed E-state index contributed by atoms with van der Waals surface area (Å²) in [5, 5.41) is 11.9. The minimum Gasteiger partial charge on any atom is -0.469 e. The van der Waals surface area contributed by atoms with Gasteiger partial charge in [0.25, 0.3) is 0 Å². The van der Waals surface area contributed by atoms with Gasteiger partial charge in [0.05, 0.1) is 30.5 Å². The summed E-state index contributed by atoms with van der Waals surface area (Å²) in [6, 6.07) is 10.0. The minimum absolute atomic E-state index is 0.160. The number of rotatable bonds is 11. The first-order valence-electron chi connectivity index (χ1n) is 12.0. The molecule has 1 aromatic carbocycles. The van der Waals surface area contributed by atoms with E-state index in [0.717, 1.165) is 35.7 Å². The van der Waals surface area contributed by atoms with Crippen LogP contribution in [0.2, 0.25) is 0 Å². The summed E-state index contributed by atoms with van der Waals surface area (Å²) in [6.07, 6.45) is 8.51. The molecule has 33 heavy (non-hydrogen) atoms. The van der Waals surface area contributed by atoms with Gasteiger partial charge in [0.1, 0.15) is 6.10 Å². The van der Waals surface area contributed by atoms with Crippen LogP contribution in [-0.4, -0.2) is 41.2 Å². The van der Waals surface area contributed by atoms with E-state index >= 15 is 0 Å². The number of aliphatic hydroxyl groups is 1. The number of nitrogens with zero attached hydrogens (tertiary/aromatic N) is 1. The van der Waals surface area contributed by atoms with Crippen molar-refractivity contribution >= 4 is 22.9 Å². The second-order valence-electron chi connectivity index (χ2n) is 9.13. The lowest BCUT2D eigenvalue weighted by Crippen LogP contribution is -2.21. The molecule has 0 spiro atoms. The molecule has 6 nitrogen and oxygen atoms in total. The van der Waals surface area contributed by atoms with Crippen molar-refractivity contribution in [3.63, 3.8) is 0 Å². The van der Waals surface area contributed by atoms with E-state index in [4.69, 9.17) is 19.2 Å². The first kappa shape index (κ1) is 25.3. The van der Waals surface area contributed by atoms with Gasteiger partial charge in [-0.2, -0.15) is 0 Å². The van der Waals surface area contributed by atoms with Gasteiger partial charge in [0.2, 0.25) is 0 Å². The van der Waals surface area contributed by atoms with Gasteiger partial charge >= 0.3 is 5.97 Å². The highest BCUT2D eigenvalue weighted by molar-refractivity contribution is 5.81. The molecule has 3 rings (SSSR count). The standard InChI is InChI=1S/C27H37NO5/c1-5-6-7-13-22(29)26-20(18-19-11-8-9-12-21(19)28-26)16-17-24-23(32-27(2,3)33-24)14-10-15-25(30)31-4/h8-9,11-12,16-18,22-24,29H,5-7,10,13-15H2,1-4H3/b17-16+/t22-,23+,24-/m1/s1. The van der Waals surface area contributed by atoms with Crippen LogP contribution in [0.25, 0.3) is 17.0 Å². The predicted octanol–water partition coefficient (Wildman–Crippen LogP) is 5.73. The highest BCUT2D eigenvalue weighted by atomic mass is 16.7. The summed E-state index contributed by atoms with van der Waals surface area (Å²) in [6.45, 7) is 5.95. The quantitative estimate of drug-likeness (QED) is 0.345. The molecule has 1 fully saturated rings. The number of methoxy groups -OCH3 is 1. The van der Waals surface area contributed by atoms with Crippen LogP contribution in [-0.2, 0) is 19.0 Å². The van der Waals surface area contributed by atoms with Gasteiger partial charge in [0.15, 0.2) is 5.79 Å². The zero-order valence-corrected chi connectivity index (χ0v) is 20.3. The van der Waals surface area contributed by atoms with Gasteiger partial charge in [-0.1, -0.05) is 56.5 Å². The first-order chi connectivity index (χ1) is 15.8. The fourth-order valence-corrected chi connectivity index (χ4v) is 4.27. The van der Waals surface area contributed by atoms with Crippen molar-refractivity contribution in [2.24, 2.45) is 0 Å². The van der Waals surface area contributed by atoms with E-state index in [1.165, 1.54) is 7.11 Å². The maximum absolute atomic E-state index is 11.5. The van der Waals surface area contributed by atoms with Crippen molar-refractivity contribution in [2.45, 2.75) is 89.8 Å². The number of para-hydroxylation sites is 1. The lowest BCUT2D eigenvalue weighted by molar-refractivity contribution is -0.144. The third-order valence-corrected chi connectivity index (χ3v) is 5.97. The van der Waals surface area contributed by atoms with Gasteiger partial charge in [-0.15, -0.1) is 0 Å². The molecule has 1 aromatic heterocycles. The largest absolute Gasteiger partial charge is 0.469 e. The summed E-state index contributed by atoms with van der Waals surface area (Å²) >= 11 is 0. The Morgan fingerprint density at radius 3 is 2.79 bits per heavy atom. The number of pyridine rings is 1. The van der Waals surface area contributed by atoms with Crippen LogP contribution >= 0.6 is 0 Å². The van der Waals surface area contributed by atoms with Crippen molar-refractivity contribution < 1.29 is 24.1 Å². The van der Waals surface area contributed by atoms with E-state index in [-0.39, 0.29) is 18.2 Å². The van der Waals surface area contributed by atoms with E-state index in [9.17, 15) is 9.90 Å². The normalized spacial score (nSPS) is 21.0. The van der Waals surface area contributed by atoms with Crippen LogP contribution in [0.5, 0.6) is 0 Å². The number of hydrogen-bond donors (Lipinski definition) is 1. The zero-order chi connectivity index (χ0) is 23.8. The number of aliphatic hydroxyl groups excluding tert-OH is 1. The molecular weight excluding hydrogens is 418 g/mol. The Kier molecular flexibility index (Phi) is 9.01. The molecule has 0 bridgehead atoms. The third-order valence-electron chi connectivity index (χ3n) is 5.97. The molecule has 0 radical (unpaired) electrons. The molecule has 0 saturated carbocycles. The summed E-state index contributed by atoms with van der Waals surface area (Å²) in [7, 11) is 1.40. The molecule has 1 N–H and O–H groups in total. The van der Waals surface area contributed by atoms with Gasteiger partial charge in [-0.3, -0.25) is 4.79 Å². The smallest absolute Gasteiger partial charge is 0.305 e. The Hall–Kier alpha value is -2.28. The number of unbranched alkanes of at least 4 members (excludes halogenated alkanes) is 2. The van der Waals surface area contributed by atoms with Gasteiger partial charge in [-0.25, -0.2) is 4.98 Å². The number of aromatic nitrogens is 1. The number of fused-ring (bicyclic) bond motifs is 1. The summed E-state index contributed by atoms with van der Waals surface area (Å²) in [4.78, 5) is 16.3. The average molecular weight is 456 g/mol. The zero-order valence-electron chi connectivity index (χ0n) is 20.3. The van der Waals surface area contributed by atoms with Gasteiger partial charge in [-0.05, 0) is 50.8 Å². The molecule has 0 aliphatic carbocycles. The van der Waals surface area contributed by atoms with Crippen LogP contribution < -0.4 is 0 Å². The van der Waals surface area contributed by atoms with Crippen molar-refractivity contribution in [2.75, 3.05) is 7.11 Å². The molecule has 180 valence electrons. The van der Waals surface area contributed by atoms with Crippen molar-refractivity contribution in [1.29, 1.82) is 0 Å². The summed E-state index contributed by atoms with van der Waals surface area (Å²) in [5.74, 6) is -0.918. The lowest BCUT2D eigenvalue weighted by Gasteiger charge is -2.16. The molecule has 1 saturated heterocycles. The molecule has 0 unspecified atom stereocenters. The Labute approximate surface area is 197 Å². The monoisotopic (exact) mass is 455 g/mol. The Morgan fingerprint density at radius 1 is 1.24 bits per heavy atom. The number of hydrogen-bond acceptors (Lipinski definition) is 6. The molecule has 6 heteroatoms. The minimum atomic E-state index is -0.699. The average Bonchev–Trinajstić information content (AvgIpc) is 3.10. The maximum atomic E-state index is 11.5. The molecule has 0 amide bonds. The van der Waals surface area contributed by atoms with E-state index in [2.05, 4.69) is 13.0 Å². The molecular formula is C27H37NO5. The highest BCUT2D eigenvalue weighted by Crippen LogP contribution is 2.33. The SMILES string of the molecule is CCCCC[C@@H](O)c1nc2ccccc2cc1/C=C/[C@H]1OC(C)(C)O[C@H]1CCCC(=O)OC. The van der Waals surface area contributed by atoms with Crippen molar-refractivity contribution in [1.82, 2.24) is 4.98 Å². The fourth-order valence-electron chi connectivity index (χ4n) is 4.27. The number of benzene rings is 1. The number of ether oxygens (including phenoxy) is 3. The van der Waals surface area contributed by atoms with Crippen LogP contribution in [0.3, 0.4) is 0 Å². The van der Waals surface area contributed by atoms with Gasteiger partial charge < -0.3 is 19.3 Å². The molecule has 3 atom stereocenters. The lowest BCUT2D eigenvalue weighted by atomic mass is 10.00. The van der Waals surface area contributed by atoms with E-state index in [0.29, 0.717) is 31.4 Å². The number of carbonyl (C=O) groups excluding carboxylic acids is 1. The molecule has 1 aliphatic heterocycles. The molecule has 2 aromatic rings. The second kappa shape index (κ2) is 11.7. The van der Waals surface area contributed by atoms with E-state index < -0.39 is 11.9 Å². The Balaban J connectivity index is 1.82. The van der Waals surface area contributed by atoms with Crippen molar-refractivity contribution in [3.05, 3.63) is 47.7 Å². The Morgan fingerprint density at radius 2 is 2.03 bits per heavy atom. The maximum Gasteiger partial charge on any atom is 0.305 e. The number of carbonyl (C=O) groups is 1. The highest BCUT2D eigenvalue weighted by Gasteiger charge is 2.39. The Bertz CT molecular complexity index is 955. The van der Waals surface area contributed by atoms with Gasteiger partial charge in [0, 0.05) is 11.8 Å². The van der Waals surface area contributed by atoms with E-state index in [1.54, 1.807) is 0 Å². The fraction of sp³-hybridized carbons (Fsp3) is 0.556. The molecule has 2 heterocycles. The first-order valence-corrected chi connectivity index (χ1v) is 12.0. The van der Waals surface area contributed by atoms with Crippen LogP contribution in [0, 0.1) is 0 Å². The summed E-state index contributed by atoms with van der Waals surface area (Å²) in [5.41, 5.74) is 2.46. The summed E-state index contributed by atoms with van der Waals surface area (Å²) < 4.78 is 17.0. The topological polar surface area (TPSA) is 77.9 Å². The third kappa shape index (κ3) is 7.10. The van der Waals surface area contributed by atoms with Crippen LogP contribution in [0.1, 0.15) is 83.1 Å². The molecule has 1 aliphatic rings. The van der Waals surface area contributed by atoms with Crippen LogP contribution in [0.4, 0.5) is 0 Å².